The average molecular weight is 226 g/mol. The zero-order valence-corrected chi connectivity index (χ0v) is 9.54. The second-order valence-electron chi connectivity index (χ2n) is 3.44. The number of rotatable bonds is 4. The summed E-state index contributed by atoms with van der Waals surface area (Å²) in [5, 5.41) is 18.4. The zero-order chi connectivity index (χ0) is 11.4. The van der Waals surface area contributed by atoms with Gasteiger partial charge in [-0.1, -0.05) is 13.0 Å². The molecule has 0 radical (unpaired) electrons. The Kier molecular flexibility index (Phi) is 4.03. The molecule has 2 N–H and O–H groups in total. The van der Waals surface area contributed by atoms with Gasteiger partial charge in [-0.05, 0) is 30.4 Å². The van der Waals surface area contributed by atoms with Crippen molar-refractivity contribution in [2.45, 2.75) is 18.2 Å². The normalized spacial score (nSPS) is 12.4. The Hall–Kier alpha value is -1.16. The molecule has 0 aliphatic rings. The van der Waals surface area contributed by atoms with Crippen LogP contribution < -0.4 is 0 Å². The predicted molar refractivity (Wildman–Crippen MR) is 60.4 cm³/mol. The molecular weight excluding hydrogens is 212 g/mol. The van der Waals surface area contributed by atoms with Crippen LogP contribution in [0.4, 0.5) is 0 Å². The van der Waals surface area contributed by atoms with Crippen molar-refractivity contribution in [2.75, 3.05) is 6.26 Å². The lowest BCUT2D eigenvalue weighted by molar-refractivity contribution is -0.141. The van der Waals surface area contributed by atoms with Gasteiger partial charge in [-0.3, -0.25) is 4.79 Å². The quantitative estimate of drug-likeness (QED) is 0.774. The largest absolute Gasteiger partial charge is 0.508 e. The van der Waals surface area contributed by atoms with Crippen molar-refractivity contribution in [1.29, 1.82) is 0 Å². The number of phenols is 1. The van der Waals surface area contributed by atoms with Crippen LogP contribution in [0.15, 0.2) is 23.1 Å². The molecule has 0 aromatic heterocycles. The van der Waals surface area contributed by atoms with Crippen LogP contribution in [0.2, 0.25) is 0 Å². The molecule has 0 saturated carbocycles. The van der Waals surface area contributed by atoms with Gasteiger partial charge in [0.2, 0.25) is 0 Å². The van der Waals surface area contributed by atoms with Crippen molar-refractivity contribution in [3.05, 3.63) is 23.8 Å². The van der Waals surface area contributed by atoms with Crippen molar-refractivity contribution in [3.8, 4) is 5.75 Å². The van der Waals surface area contributed by atoms with Gasteiger partial charge in [0.05, 0.1) is 5.92 Å². The molecule has 0 heterocycles. The highest BCUT2D eigenvalue weighted by Crippen LogP contribution is 2.26. The van der Waals surface area contributed by atoms with Crippen molar-refractivity contribution in [3.63, 3.8) is 0 Å². The fourth-order valence-corrected chi connectivity index (χ4v) is 1.69. The van der Waals surface area contributed by atoms with Crippen molar-refractivity contribution >= 4 is 17.7 Å². The number of carboxylic acid groups (broad SMARTS) is 1. The van der Waals surface area contributed by atoms with Gasteiger partial charge >= 0.3 is 5.97 Å². The minimum Gasteiger partial charge on any atom is -0.508 e. The number of thioether (sulfide) groups is 1. The lowest BCUT2D eigenvalue weighted by atomic mass is 10.0. The third-order valence-electron chi connectivity index (χ3n) is 2.24. The SMILES string of the molecule is CSc1ccc(CC(C)C(=O)O)c(O)c1. The highest BCUT2D eigenvalue weighted by molar-refractivity contribution is 7.98. The Morgan fingerprint density at radius 3 is 2.67 bits per heavy atom. The standard InChI is InChI=1S/C11H14O3S/c1-7(11(13)14)5-8-3-4-9(15-2)6-10(8)12/h3-4,6-7,12H,5H2,1-2H3,(H,13,14). The van der Waals surface area contributed by atoms with E-state index in [1.165, 1.54) is 0 Å². The second-order valence-corrected chi connectivity index (χ2v) is 4.32. The van der Waals surface area contributed by atoms with Gasteiger partial charge in [0.1, 0.15) is 5.75 Å². The number of aromatic hydroxyl groups is 1. The molecular formula is C11H14O3S. The topological polar surface area (TPSA) is 57.5 Å². The lowest BCUT2D eigenvalue weighted by Gasteiger charge is -2.08. The number of phenolic OH excluding ortho intramolecular Hbond substituents is 1. The zero-order valence-electron chi connectivity index (χ0n) is 8.73. The molecule has 0 amide bonds. The van der Waals surface area contributed by atoms with Crippen molar-refractivity contribution in [1.82, 2.24) is 0 Å². The molecule has 82 valence electrons. The molecule has 1 rings (SSSR count). The number of hydrogen-bond donors (Lipinski definition) is 2. The summed E-state index contributed by atoms with van der Waals surface area (Å²) in [5.41, 5.74) is 0.683. The summed E-state index contributed by atoms with van der Waals surface area (Å²) < 4.78 is 0. The highest BCUT2D eigenvalue weighted by atomic mass is 32.2. The maximum atomic E-state index is 10.7. The molecule has 15 heavy (non-hydrogen) atoms. The van der Waals surface area contributed by atoms with Crippen molar-refractivity contribution < 1.29 is 15.0 Å². The van der Waals surface area contributed by atoms with Crippen LogP contribution in [0.5, 0.6) is 5.75 Å². The van der Waals surface area contributed by atoms with Crippen LogP contribution in [0, 0.1) is 5.92 Å². The maximum absolute atomic E-state index is 10.7. The van der Waals surface area contributed by atoms with Crippen LogP contribution in [0.25, 0.3) is 0 Å². The molecule has 0 bridgehead atoms. The first-order valence-electron chi connectivity index (χ1n) is 4.63. The summed E-state index contributed by atoms with van der Waals surface area (Å²) in [6.07, 6.45) is 2.28. The fourth-order valence-electron chi connectivity index (χ4n) is 1.26. The van der Waals surface area contributed by atoms with E-state index in [0.29, 0.717) is 12.0 Å². The van der Waals surface area contributed by atoms with Gasteiger partial charge in [0.25, 0.3) is 0 Å². The second kappa shape index (κ2) is 5.07. The van der Waals surface area contributed by atoms with Crippen molar-refractivity contribution in [2.24, 2.45) is 5.92 Å². The minimum absolute atomic E-state index is 0.176. The molecule has 1 aromatic rings. The minimum atomic E-state index is -0.844. The molecule has 0 aliphatic heterocycles. The van der Waals surface area contributed by atoms with Gasteiger partial charge in [-0.15, -0.1) is 11.8 Å². The Balaban J connectivity index is 2.82. The van der Waals surface area contributed by atoms with E-state index in [2.05, 4.69) is 0 Å². The van der Waals surface area contributed by atoms with E-state index in [-0.39, 0.29) is 5.75 Å². The first-order valence-corrected chi connectivity index (χ1v) is 5.85. The van der Waals surface area contributed by atoms with Crippen LogP contribution in [0.3, 0.4) is 0 Å². The summed E-state index contributed by atoms with van der Waals surface area (Å²) in [7, 11) is 0. The average Bonchev–Trinajstić information content (AvgIpc) is 2.20. The van der Waals surface area contributed by atoms with E-state index in [1.807, 2.05) is 12.3 Å². The Labute approximate surface area is 93.1 Å². The first-order chi connectivity index (χ1) is 7.04. The number of carbonyl (C=O) groups is 1. The first kappa shape index (κ1) is 11.9. The molecule has 1 atom stereocenters. The third-order valence-corrected chi connectivity index (χ3v) is 2.97. The van der Waals surface area contributed by atoms with Gasteiger partial charge in [0, 0.05) is 4.90 Å². The summed E-state index contributed by atoms with van der Waals surface area (Å²) in [5.74, 6) is -1.14. The van der Waals surface area contributed by atoms with E-state index >= 15 is 0 Å². The number of benzene rings is 1. The fraction of sp³-hybridized carbons (Fsp3) is 0.364. The molecule has 1 unspecified atom stereocenters. The summed E-state index contributed by atoms with van der Waals surface area (Å²) >= 11 is 1.54. The smallest absolute Gasteiger partial charge is 0.306 e. The van der Waals surface area contributed by atoms with Gasteiger partial charge in [-0.25, -0.2) is 0 Å². The monoisotopic (exact) mass is 226 g/mol. The predicted octanol–water partition coefficient (Wildman–Crippen LogP) is 2.38. The van der Waals surface area contributed by atoms with E-state index in [1.54, 1.807) is 30.8 Å². The van der Waals surface area contributed by atoms with Gasteiger partial charge in [0.15, 0.2) is 0 Å². The number of carboxylic acids is 1. The van der Waals surface area contributed by atoms with E-state index in [9.17, 15) is 9.90 Å². The maximum Gasteiger partial charge on any atom is 0.306 e. The van der Waals surface area contributed by atoms with Gasteiger partial charge < -0.3 is 10.2 Å². The van der Waals surface area contributed by atoms with Crippen LogP contribution in [-0.4, -0.2) is 22.4 Å². The highest BCUT2D eigenvalue weighted by Gasteiger charge is 2.13. The molecule has 3 nitrogen and oxygen atoms in total. The molecule has 4 heteroatoms. The Morgan fingerprint density at radius 2 is 2.20 bits per heavy atom. The Morgan fingerprint density at radius 1 is 1.53 bits per heavy atom. The van der Waals surface area contributed by atoms with Crippen LogP contribution >= 0.6 is 11.8 Å². The molecule has 0 fully saturated rings. The third kappa shape index (κ3) is 3.16. The molecule has 0 aliphatic carbocycles. The van der Waals surface area contributed by atoms with Crippen LogP contribution in [0.1, 0.15) is 12.5 Å². The molecule has 1 aromatic carbocycles. The van der Waals surface area contributed by atoms with E-state index in [4.69, 9.17) is 5.11 Å². The number of aliphatic carboxylic acids is 1. The van der Waals surface area contributed by atoms with E-state index < -0.39 is 11.9 Å². The van der Waals surface area contributed by atoms with Crippen LogP contribution in [-0.2, 0) is 11.2 Å². The molecule has 0 saturated heterocycles. The summed E-state index contributed by atoms with van der Waals surface area (Å²) in [6, 6.07) is 5.32. The number of hydrogen-bond acceptors (Lipinski definition) is 3. The van der Waals surface area contributed by atoms with Gasteiger partial charge in [-0.2, -0.15) is 0 Å². The summed E-state index contributed by atoms with van der Waals surface area (Å²) in [4.78, 5) is 11.6. The molecule has 0 spiro atoms. The summed E-state index contributed by atoms with van der Waals surface area (Å²) in [6.45, 7) is 1.63. The van der Waals surface area contributed by atoms with E-state index in [0.717, 1.165) is 4.90 Å². The lowest BCUT2D eigenvalue weighted by Crippen LogP contribution is -2.12. The Bertz CT molecular complexity index is 363.